The molecule has 1 atom stereocenters. The van der Waals surface area contributed by atoms with Gasteiger partial charge in [0, 0.05) is 19.1 Å². The predicted molar refractivity (Wildman–Crippen MR) is 71.2 cm³/mol. The van der Waals surface area contributed by atoms with E-state index in [1.54, 1.807) is 0 Å². The molecule has 0 amide bonds. The van der Waals surface area contributed by atoms with Gasteiger partial charge in [-0.05, 0) is 38.8 Å². The molecule has 2 fully saturated rings. The van der Waals surface area contributed by atoms with Crippen molar-refractivity contribution in [2.45, 2.75) is 63.5 Å². The minimum Gasteiger partial charge on any atom is -0.389 e. The van der Waals surface area contributed by atoms with Crippen molar-refractivity contribution in [3.63, 3.8) is 0 Å². The quantitative estimate of drug-likeness (QED) is 0.768. The van der Waals surface area contributed by atoms with Gasteiger partial charge in [-0.3, -0.25) is 4.90 Å². The van der Waals surface area contributed by atoms with E-state index in [9.17, 15) is 5.11 Å². The molecule has 0 bridgehead atoms. The number of hydrogen-bond donors (Lipinski definition) is 2. The van der Waals surface area contributed by atoms with Crippen LogP contribution in [0.25, 0.3) is 0 Å². The molecule has 1 heterocycles. The summed E-state index contributed by atoms with van der Waals surface area (Å²) < 4.78 is 0. The Morgan fingerprint density at radius 2 is 2.00 bits per heavy atom. The highest BCUT2D eigenvalue weighted by Gasteiger charge is 2.31. The van der Waals surface area contributed by atoms with Crippen LogP contribution < -0.4 is 5.32 Å². The van der Waals surface area contributed by atoms with Crippen LogP contribution in [0.15, 0.2) is 0 Å². The number of nitrogens with zero attached hydrogens (tertiary/aromatic N) is 1. The second-order valence-corrected chi connectivity index (χ2v) is 5.91. The Kier molecular flexibility index (Phi) is 4.83. The summed E-state index contributed by atoms with van der Waals surface area (Å²) in [4.78, 5) is 2.44. The summed E-state index contributed by atoms with van der Waals surface area (Å²) in [6, 6.07) is 0.655. The molecule has 17 heavy (non-hydrogen) atoms. The molecule has 0 radical (unpaired) electrons. The summed E-state index contributed by atoms with van der Waals surface area (Å²) in [5, 5.41) is 14.1. The first-order chi connectivity index (χ1) is 8.22. The number of likely N-dealkylation sites (N-methyl/N-ethyl adjacent to an activating group) is 1. The van der Waals surface area contributed by atoms with Crippen LogP contribution in [0.1, 0.15) is 51.9 Å². The normalized spacial score (nSPS) is 28.8. The standard InChI is InChI=1S/C14H28N2O/c1-2-16(11-13-7-6-10-15-13)12-14(17)8-4-3-5-9-14/h13,15,17H,2-12H2,1H3. The molecule has 1 saturated carbocycles. The second-order valence-electron chi connectivity index (χ2n) is 5.91. The van der Waals surface area contributed by atoms with E-state index < -0.39 is 5.60 Å². The van der Waals surface area contributed by atoms with E-state index in [4.69, 9.17) is 0 Å². The van der Waals surface area contributed by atoms with Gasteiger partial charge in [-0.15, -0.1) is 0 Å². The zero-order valence-corrected chi connectivity index (χ0v) is 11.2. The highest BCUT2D eigenvalue weighted by Crippen LogP contribution is 2.28. The fourth-order valence-electron chi connectivity index (χ4n) is 3.31. The highest BCUT2D eigenvalue weighted by atomic mass is 16.3. The van der Waals surface area contributed by atoms with E-state index in [1.807, 2.05) is 0 Å². The van der Waals surface area contributed by atoms with Crippen molar-refractivity contribution in [3.8, 4) is 0 Å². The van der Waals surface area contributed by atoms with Gasteiger partial charge in [-0.2, -0.15) is 0 Å². The molecule has 0 aromatic rings. The van der Waals surface area contributed by atoms with Gasteiger partial charge in [-0.25, -0.2) is 0 Å². The van der Waals surface area contributed by atoms with E-state index in [-0.39, 0.29) is 0 Å². The van der Waals surface area contributed by atoms with Crippen LogP contribution in [0.2, 0.25) is 0 Å². The van der Waals surface area contributed by atoms with Gasteiger partial charge in [-0.1, -0.05) is 26.2 Å². The van der Waals surface area contributed by atoms with E-state index >= 15 is 0 Å². The van der Waals surface area contributed by atoms with Gasteiger partial charge < -0.3 is 10.4 Å². The molecule has 0 spiro atoms. The van der Waals surface area contributed by atoms with Gasteiger partial charge in [0.1, 0.15) is 0 Å². The van der Waals surface area contributed by atoms with Crippen LogP contribution in [-0.4, -0.2) is 47.8 Å². The van der Waals surface area contributed by atoms with Gasteiger partial charge in [0.15, 0.2) is 0 Å². The average molecular weight is 240 g/mol. The van der Waals surface area contributed by atoms with E-state index in [1.165, 1.54) is 38.6 Å². The molecule has 3 nitrogen and oxygen atoms in total. The summed E-state index contributed by atoms with van der Waals surface area (Å²) in [6.45, 7) is 6.43. The molecule has 1 aliphatic carbocycles. The first-order valence-corrected chi connectivity index (χ1v) is 7.40. The third-order valence-electron chi connectivity index (χ3n) is 4.39. The maximum atomic E-state index is 10.6. The molecular weight excluding hydrogens is 212 g/mol. The Morgan fingerprint density at radius 3 is 2.59 bits per heavy atom. The fraction of sp³-hybridized carbons (Fsp3) is 1.00. The Balaban J connectivity index is 1.80. The molecule has 3 heteroatoms. The smallest absolute Gasteiger partial charge is 0.0774 e. The van der Waals surface area contributed by atoms with Crippen LogP contribution in [-0.2, 0) is 0 Å². The van der Waals surface area contributed by atoms with Crippen LogP contribution in [0.5, 0.6) is 0 Å². The lowest BCUT2D eigenvalue weighted by Crippen LogP contribution is -2.47. The lowest BCUT2D eigenvalue weighted by atomic mass is 9.84. The largest absolute Gasteiger partial charge is 0.389 e. The van der Waals surface area contributed by atoms with E-state index in [0.717, 1.165) is 32.5 Å². The monoisotopic (exact) mass is 240 g/mol. The second kappa shape index (κ2) is 6.17. The molecule has 0 aromatic carbocycles. The molecule has 1 unspecified atom stereocenters. The summed E-state index contributed by atoms with van der Waals surface area (Å²) in [5.41, 5.74) is -0.396. The van der Waals surface area contributed by atoms with Crippen molar-refractivity contribution in [3.05, 3.63) is 0 Å². The molecular formula is C14H28N2O. The Hall–Kier alpha value is -0.120. The summed E-state index contributed by atoms with van der Waals surface area (Å²) >= 11 is 0. The third-order valence-corrected chi connectivity index (χ3v) is 4.39. The van der Waals surface area contributed by atoms with Crippen molar-refractivity contribution in [1.29, 1.82) is 0 Å². The van der Waals surface area contributed by atoms with Gasteiger partial charge >= 0.3 is 0 Å². The molecule has 2 N–H and O–H groups in total. The molecule has 1 aliphatic heterocycles. The van der Waals surface area contributed by atoms with Crippen LogP contribution in [0.3, 0.4) is 0 Å². The number of aliphatic hydroxyl groups is 1. The van der Waals surface area contributed by atoms with Crippen molar-refractivity contribution >= 4 is 0 Å². The van der Waals surface area contributed by atoms with Crippen LogP contribution in [0.4, 0.5) is 0 Å². The Labute approximate surface area is 106 Å². The summed E-state index contributed by atoms with van der Waals surface area (Å²) in [5.74, 6) is 0. The number of hydrogen-bond acceptors (Lipinski definition) is 3. The summed E-state index contributed by atoms with van der Waals surface area (Å²) in [6.07, 6.45) is 8.33. The minimum absolute atomic E-state index is 0.396. The van der Waals surface area contributed by atoms with Gasteiger partial charge in [0.05, 0.1) is 5.60 Å². The maximum absolute atomic E-state index is 10.6. The summed E-state index contributed by atoms with van der Waals surface area (Å²) in [7, 11) is 0. The average Bonchev–Trinajstić information content (AvgIpc) is 2.81. The zero-order chi connectivity index (χ0) is 12.1. The van der Waals surface area contributed by atoms with Crippen molar-refractivity contribution in [2.24, 2.45) is 0 Å². The highest BCUT2D eigenvalue weighted by molar-refractivity contribution is 4.87. The SMILES string of the molecule is CCN(CC1CCCN1)CC1(O)CCCCC1. The lowest BCUT2D eigenvalue weighted by Gasteiger charge is -2.37. The van der Waals surface area contributed by atoms with E-state index in [0.29, 0.717) is 6.04 Å². The predicted octanol–water partition coefficient (Wildman–Crippen LogP) is 1.76. The molecule has 2 rings (SSSR count). The maximum Gasteiger partial charge on any atom is 0.0774 e. The van der Waals surface area contributed by atoms with Gasteiger partial charge in [0.25, 0.3) is 0 Å². The van der Waals surface area contributed by atoms with Crippen molar-refractivity contribution in [1.82, 2.24) is 10.2 Å². The first kappa shape index (κ1) is 13.3. The van der Waals surface area contributed by atoms with Gasteiger partial charge in [0.2, 0.25) is 0 Å². The van der Waals surface area contributed by atoms with Crippen molar-refractivity contribution < 1.29 is 5.11 Å². The Bertz CT molecular complexity index is 220. The molecule has 2 aliphatic rings. The fourth-order valence-corrected chi connectivity index (χ4v) is 3.31. The van der Waals surface area contributed by atoms with E-state index in [2.05, 4.69) is 17.1 Å². The lowest BCUT2D eigenvalue weighted by molar-refractivity contribution is -0.0265. The third kappa shape index (κ3) is 3.94. The zero-order valence-electron chi connectivity index (χ0n) is 11.2. The molecule has 100 valence electrons. The number of nitrogens with one attached hydrogen (secondary N) is 1. The van der Waals surface area contributed by atoms with Crippen LogP contribution in [0, 0.1) is 0 Å². The van der Waals surface area contributed by atoms with Crippen molar-refractivity contribution in [2.75, 3.05) is 26.2 Å². The number of rotatable bonds is 5. The minimum atomic E-state index is -0.396. The van der Waals surface area contributed by atoms with Crippen LogP contribution >= 0.6 is 0 Å². The molecule has 0 aromatic heterocycles. The Morgan fingerprint density at radius 1 is 1.24 bits per heavy atom. The topological polar surface area (TPSA) is 35.5 Å². The first-order valence-electron chi connectivity index (χ1n) is 7.40. The molecule has 1 saturated heterocycles.